The topological polar surface area (TPSA) is 54.6 Å². The Morgan fingerprint density at radius 3 is 2.39 bits per heavy atom. The molecule has 0 saturated carbocycles. The molecule has 1 aromatic heterocycles. The number of aromatic amines is 1. The standard InChI is InChI=1S/C25H23FN2O3/c1-28(24(29)16-31-20-13-9-18(26)10-14-20)25(17-7-11-19(30-2)12-8-17)22-15-27-23-6-4-3-5-21(22)23/h3-15,25,27H,16H2,1-2H3/t25-/m1/s1. The molecule has 0 aliphatic carbocycles. The number of rotatable bonds is 7. The highest BCUT2D eigenvalue weighted by Crippen LogP contribution is 2.34. The Hall–Kier alpha value is -3.80. The summed E-state index contributed by atoms with van der Waals surface area (Å²) in [4.78, 5) is 18.0. The number of hydrogen-bond acceptors (Lipinski definition) is 3. The lowest BCUT2D eigenvalue weighted by Crippen LogP contribution is -2.35. The molecule has 1 N–H and O–H groups in total. The van der Waals surface area contributed by atoms with E-state index in [1.54, 1.807) is 19.1 Å². The maximum atomic E-state index is 13.1. The fraction of sp³-hybridized carbons (Fsp3) is 0.160. The molecule has 6 heteroatoms. The molecule has 0 fully saturated rings. The molecule has 0 aliphatic heterocycles. The number of fused-ring (bicyclic) bond motifs is 1. The van der Waals surface area contributed by atoms with E-state index in [2.05, 4.69) is 4.98 Å². The van der Waals surface area contributed by atoms with Crippen LogP contribution in [0.5, 0.6) is 11.5 Å². The summed E-state index contributed by atoms with van der Waals surface area (Å²) in [5.74, 6) is 0.636. The van der Waals surface area contributed by atoms with E-state index >= 15 is 0 Å². The van der Waals surface area contributed by atoms with Gasteiger partial charge in [-0.2, -0.15) is 0 Å². The number of amides is 1. The Morgan fingerprint density at radius 2 is 1.68 bits per heavy atom. The van der Waals surface area contributed by atoms with Crippen LogP contribution in [-0.4, -0.2) is 36.6 Å². The third kappa shape index (κ3) is 4.38. The summed E-state index contributed by atoms with van der Waals surface area (Å²) in [5, 5.41) is 1.04. The van der Waals surface area contributed by atoms with Gasteiger partial charge in [-0.15, -0.1) is 0 Å². The van der Waals surface area contributed by atoms with E-state index in [4.69, 9.17) is 9.47 Å². The molecule has 158 valence electrons. The molecule has 3 aromatic carbocycles. The van der Waals surface area contributed by atoms with Crippen molar-refractivity contribution in [2.75, 3.05) is 20.8 Å². The molecule has 0 radical (unpaired) electrons. The highest BCUT2D eigenvalue weighted by Gasteiger charge is 2.26. The fourth-order valence-electron chi connectivity index (χ4n) is 3.64. The van der Waals surface area contributed by atoms with Gasteiger partial charge in [0.2, 0.25) is 0 Å². The lowest BCUT2D eigenvalue weighted by molar-refractivity contribution is -0.133. The van der Waals surface area contributed by atoms with Gasteiger partial charge in [-0.3, -0.25) is 4.79 Å². The van der Waals surface area contributed by atoms with Crippen molar-refractivity contribution in [3.05, 3.63) is 95.9 Å². The largest absolute Gasteiger partial charge is 0.497 e. The van der Waals surface area contributed by atoms with Crippen molar-refractivity contribution in [1.29, 1.82) is 0 Å². The molecule has 4 aromatic rings. The van der Waals surface area contributed by atoms with Gasteiger partial charge in [-0.1, -0.05) is 30.3 Å². The Bertz CT molecular complexity index is 1170. The molecule has 0 unspecified atom stereocenters. The van der Waals surface area contributed by atoms with Gasteiger partial charge in [-0.25, -0.2) is 4.39 Å². The fourth-order valence-corrected chi connectivity index (χ4v) is 3.64. The number of para-hydroxylation sites is 1. The van der Waals surface area contributed by atoms with Crippen molar-refractivity contribution in [2.45, 2.75) is 6.04 Å². The van der Waals surface area contributed by atoms with Crippen molar-refractivity contribution >= 4 is 16.8 Å². The van der Waals surface area contributed by atoms with Crippen molar-refractivity contribution in [3.8, 4) is 11.5 Å². The Balaban J connectivity index is 1.64. The number of likely N-dealkylation sites (N-methyl/N-ethyl adjacent to an activating group) is 1. The maximum absolute atomic E-state index is 13.1. The molecule has 1 amide bonds. The number of nitrogens with one attached hydrogen (secondary N) is 1. The van der Waals surface area contributed by atoms with Gasteiger partial charge in [0.05, 0.1) is 13.2 Å². The number of halogens is 1. The molecule has 31 heavy (non-hydrogen) atoms. The van der Waals surface area contributed by atoms with Gasteiger partial charge in [0.15, 0.2) is 6.61 Å². The third-order valence-corrected chi connectivity index (χ3v) is 5.30. The third-order valence-electron chi connectivity index (χ3n) is 5.30. The minimum absolute atomic E-state index is 0.156. The first-order valence-electron chi connectivity index (χ1n) is 9.91. The number of benzene rings is 3. The number of aromatic nitrogens is 1. The van der Waals surface area contributed by atoms with Gasteiger partial charge in [0, 0.05) is 29.7 Å². The predicted molar refractivity (Wildman–Crippen MR) is 118 cm³/mol. The van der Waals surface area contributed by atoms with Crippen LogP contribution in [0.4, 0.5) is 4.39 Å². The first-order chi connectivity index (χ1) is 15.1. The number of nitrogens with zero attached hydrogens (tertiary/aromatic N) is 1. The van der Waals surface area contributed by atoms with Gasteiger partial charge in [-0.05, 0) is 48.0 Å². The summed E-state index contributed by atoms with van der Waals surface area (Å²) in [6.07, 6.45) is 1.93. The lowest BCUT2D eigenvalue weighted by atomic mass is 9.96. The van der Waals surface area contributed by atoms with Crippen LogP contribution in [0.1, 0.15) is 17.2 Å². The number of methoxy groups -OCH3 is 1. The molecule has 5 nitrogen and oxygen atoms in total. The van der Waals surface area contributed by atoms with Crippen LogP contribution in [0, 0.1) is 5.82 Å². The maximum Gasteiger partial charge on any atom is 0.261 e. The van der Waals surface area contributed by atoms with Gasteiger partial charge in [0.1, 0.15) is 17.3 Å². The highest BCUT2D eigenvalue weighted by molar-refractivity contribution is 5.85. The minimum atomic E-state index is -0.352. The van der Waals surface area contributed by atoms with Gasteiger partial charge >= 0.3 is 0 Å². The van der Waals surface area contributed by atoms with E-state index in [9.17, 15) is 9.18 Å². The van der Waals surface area contributed by atoms with E-state index < -0.39 is 0 Å². The first kappa shape index (κ1) is 20.5. The average Bonchev–Trinajstić information content (AvgIpc) is 3.23. The second-order valence-corrected chi connectivity index (χ2v) is 7.21. The van der Waals surface area contributed by atoms with Crippen LogP contribution in [-0.2, 0) is 4.79 Å². The number of H-pyrrole nitrogens is 1. The van der Waals surface area contributed by atoms with Crippen molar-refractivity contribution < 1.29 is 18.7 Å². The zero-order valence-electron chi connectivity index (χ0n) is 17.3. The van der Waals surface area contributed by atoms with Crippen LogP contribution in [0.25, 0.3) is 10.9 Å². The van der Waals surface area contributed by atoms with Gasteiger partial charge in [0.25, 0.3) is 5.91 Å². The Morgan fingerprint density at radius 1 is 1.00 bits per heavy atom. The number of carbonyl (C=O) groups excluding carboxylic acids is 1. The summed E-state index contributed by atoms with van der Waals surface area (Å²) < 4.78 is 24.0. The molecular weight excluding hydrogens is 395 g/mol. The van der Waals surface area contributed by atoms with Crippen LogP contribution in [0.3, 0.4) is 0 Å². The number of ether oxygens (including phenoxy) is 2. The quantitative estimate of drug-likeness (QED) is 0.462. The molecule has 0 saturated heterocycles. The lowest BCUT2D eigenvalue weighted by Gasteiger charge is -2.29. The normalized spacial score (nSPS) is 11.8. The highest BCUT2D eigenvalue weighted by atomic mass is 19.1. The summed E-state index contributed by atoms with van der Waals surface area (Å²) in [6.45, 7) is -0.156. The number of carbonyl (C=O) groups is 1. The number of hydrogen-bond donors (Lipinski definition) is 1. The minimum Gasteiger partial charge on any atom is -0.497 e. The van der Waals surface area contributed by atoms with Crippen LogP contribution < -0.4 is 9.47 Å². The zero-order chi connectivity index (χ0) is 21.8. The molecule has 0 spiro atoms. The van der Waals surface area contributed by atoms with Crippen molar-refractivity contribution in [3.63, 3.8) is 0 Å². The molecule has 1 atom stereocenters. The smallest absolute Gasteiger partial charge is 0.261 e. The summed E-state index contributed by atoms with van der Waals surface area (Å²) in [7, 11) is 3.38. The van der Waals surface area contributed by atoms with Gasteiger partial charge < -0.3 is 19.4 Å². The van der Waals surface area contributed by atoms with Crippen molar-refractivity contribution in [1.82, 2.24) is 9.88 Å². The first-order valence-corrected chi connectivity index (χ1v) is 9.91. The molecule has 4 rings (SSSR count). The van der Waals surface area contributed by atoms with E-state index in [0.717, 1.165) is 27.8 Å². The monoisotopic (exact) mass is 418 g/mol. The van der Waals surface area contributed by atoms with Crippen LogP contribution in [0.2, 0.25) is 0 Å². The summed E-state index contributed by atoms with van der Waals surface area (Å²) >= 11 is 0. The van der Waals surface area contributed by atoms with E-state index in [-0.39, 0.29) is 24.4 Å². The Labute approximate surface area is 180 Å². The SMILES string of the molecule is COc1ccc([C@H](c2c[nH]c3ccccc23)N(C)C(=O)COc2ccc(F)cc2)cc1. The van der Waals surface area contributed by atoms with Crippen molar-refractivity contribution in [2.24, 2.45) is 0 Å². The van der Waals surface area contributed by atoms with E-state index in [1.165, 1.54) is 24.3 Å². The summed E-state index contributed by atoms with van der Waals surface area (Å²) in [5.41, 5.74) is 2.93. The zero-order valence-corrected chi connectivity index (χ0v) is 17.3. The van der Waals surface area contributed by atoms with E-state index in [0.29, 0.717) is 5.75 Å². The molecular formula is C25H23FN2O3. The average molecular weight is 418 g/mol. The van der Waals surface area contributed by atoms with Crippen LogP contribution in [0.15, 0.2) is 79.0 Å². The predicted octanol–water partition coefficient (Wildman–Crippen LogP) is 4.94. The van der Waals surface area contributed by atoms with Crippen LogP contribution >= 0.6 is 0 Å². The van der Waals surface area contributed by atoms with E-state index in [1.807, 2.05) is 54.7 Å². The Kier molecular flexibility index (Phi) is 5.89. The molecule has 0 bridgehead atoms. The second kappa shape index (κ2) is 8.92. The molecule has 1 heterocycles. The summed E-state index contributed by atoms with van der Waals surface area (Å²) in [6, 6.07) is 20.9. The molecule has 0 aliphatic rings. The second-order valence-electron chi connectivity index (χ2n) is 7.21.